The van der Waals surface area contributed by atoms with E-state index in [1.54, 1.807) is 6.07 Å². The second-order valence-corrected chi connectivity index (χ2v) is 4.72. The molecule has 0 aliphatic heterocycles. The number of halogens is 4. The highest BCUT2D eigenvalue weighted by molar-refractivity contribution is 5.90. The summed E-state index contributed by atoms with van der Waals surface area (Å²) in [6.07, 6.45) is 0.665. The van der Waals surface area contributed by atoms with Crippen LogP contribution in [0.2, 0.25) is 0 Å². The van der Waals surface area contributed by atoms with Crippen molar-refractivity contribution in [3.8, 4) is 17.3 Å². The minimum Gasteiger partial charge on any atom is -0.310 e. The van der Waals surface area contributed by atoms with Crippen molar-refractivity contribution in [2.24, 2.45) is 0 Å². The summed E-state index contributed by atoms with van der Waals surface area (Å²) < 4.78 is 56.5. The van der Waals surface area contributed by atoms with Gasteiger partial charge in [-0.05, 0) is 6.42 Å². The molecule has 0 bridgehead atoms. The lowest BCUT2D eigenvalue weighted by Crippen LogP contribution is -2.08. The summed E-state index contributed by atoms with van der Waals surface area (Å²) in [4.78, 5) is 11.0. The SMILES string of the molecule is C=CCc1c(F)c(F)c(-c2n[nH]c(NC(C)=O)c2C#N)c(F)c1F. The fourth-order valence-electron chi connectivity index (χ4n) is 2.11. The van der Waals surface area contributed by atoms with Crippen LogP contribution in [0.5, 0.6) is 0 Å². The van der Waals surface area contributed by atoms with E-state index in [1.807, 2.05) is 0 Å². The van der Waals surface area contributed by atoms with Crippen LogP contribution in [-0.4, -0.2) is 16.1 Å². The average molecular weight is 338 g/mol. The summed E-state index contributed by atoms with van der Waals surface area (Å²) in [5.74, 6) is -7.41. The number of nitrogens with one attached hydrogen (secondary N) is 2. The molecule has 9 heteroatoms. The third kappa shape index (κ3) is 2.74. The zero-order valence-corrected chi connectivity index (χ0v) is 12.3. The number of amides is 1. The van der Waals surface area contributed by atoms with Crippen molar-refractivity contribution >= 4 is 11.7 Å². The van der Waals surface area contributed by atoms with Gasteiger partial charge in [0.1, 0.15) is 23.1 Å². The van der Waals surface area contributed by atoms with Gasteiger partial charge in [0.05, 0.1) is 5.56 Å². The van der Waals surface area contributed by atoms with Gasteiger partial charge in [-0.25, -0.2) is 17.6 Å². The molecule has 1 heterocycles. The van der Waals surface area contributed by atoms with Gasteiger partial charge in [-0.1, -0.05) is 6.08 Å². The Morgan fingerprint density at radius 1 is 1.29 bits per heavy atom. The molecule has 5 nitrogen and oxygen atoms in total. The Balaban J connectivity index is 2.75. The molecule has 2 rings (SSSR count). The fraction of sp³-hybridized carbons (Fsp3) is 0.133. The molecule has 0 spiro atoms. The number of aromatic nitrogens is 2. The maximum absolute atomic E-state index is 14.2. The molecule has 0 saturated heterocycles. The highest BCUT2D eigenvalue weighted by atomic mass is 19.2. The van der Waals surface area contributed by atoms with Crippen LogP contribution in [0, 0.1) is 34.6 Å². The number of carbonyl (C=O) groups excluding carboxylic acids is 1. The van der Waals surface area contributed by atoms with Gasteiger partial charge in [0.25, 0.3) is 0 Å². The van der Waals surface area contributed by atoms with Gasteiger partial charge in [0.2, 0.25) is 5.91 Å². The third-order valence-corrected chi connectivity index (χ3v) is 3.12. The largest absolute Gasteiger partial charge is 0.310 e. The van der Waals surface area contributed by atoms with Crippen molar-refractivity contribution in [1.29, 1.82) is 5.26 Å². The van der Waals surface area contributed by atoms with Gasteiger partial charge in [0.15, 0.2) is 23.3 Å². The fourth-order valence-corrected chi connectivity index (χ4v) is 2.11. The van der Waals surface area contributed by atoms with Crippen LogP contribution >= 0.6 is 0 Å². The smallest absolute Gasteiger partial charge is 0.222 e. The minimum atomic E-state index is -1.69. The van der Waals surface area contributed by atoms with E-state index in [9.17, 15) is 22.4 Å². The minimum absolute atomic E-state index is 0.241. The van der Waals surface area contributed by atoms with E-state index in [1.165, 1.54) is 0 Å². The van der Waals surface area contributed by atoms with Gasteiger partial charge < -0.3 is 5.32 Å². The van der Waals surface area contributed by atoms with Crippen molar-refractivity contribution in [2.45, 2.75) is 13.3 Å². The molecule has 1 aromatic heterocycles. The second kappa shape index (κ2) is 6.54. The lowest BCUT2D eigenvalue weighted by Gasteiger charge is -2.09. The molecule has 0 fully saturated rings. The Labute approximate surface area is 133 Å². The van der Waals surface area contributed by atoms with E-state index in [0.29, 0.717) is 0 Å². The lowest BCUT2D eigenvalue weighted by atomic mass is 10.0. The molecule has 0 unspecified atom stereocenters. The zero-order chi connectivity index (χ0) is 18.0. The summed E-state index contributed by atoms with van der Waals surface area (Å²) in [5, 5.41) is 17.0. The maximum atomic E-state index is 14.2. The highest BCUT2D eigenvalue weighted by Crippen LogP contribution is 2.34. The molecule has 1 amide bonds. The van der Waals surface area contributed by atoms with Crippen molar-refractivity contribution in [3.63, 3.8) is 0 Å². The summed E-state index contributed by atoms with van der Waals surface area (Å²) >= 11 is 0. The van der Waals surface area contributed by atoms with Gasteiger partial charge in [0, 0.05) is 12.5 Å². The molecule has 0 radical (unpaired) electrons. The number of aromatic amines is 1. The zero-order valence-electron chi connectivity index (χ0n) is 12.3. The van der Waals surface area contributed by atoms with Crippen LogP contribution in [0.15, 0.2) is 12.7 Å². The van der Waals surface area contributed by atoms with E-state index in [4.69, 9.17) is 5.26 Å². The van der Waals surface area contributed by atoms with E-state index < -0.39 is 58.0 Å². The molecule has 0 aliphatic rings. The molecule has 24 heavy (non-hydrogen) atoms. The lowest BCUT2D eigenvalue weighted by molar-refractivity contribution is -0.114. The first-order valence-electron chi connectivity index (χ1n) is 6.55. The molecule has 0 atom stereocenters. The molecule has 0 saturated carbocycles. The Bertz CT molecular complexity index is 854. The van der Waals surface area contributed by atoms with Gasteiger partial charge >= 0.3 is 0 Å². The quantitative estimate of drug-likeness (QED) is 0.510. The third-order valence-electron chi connectivity index (χ3n) is 3.12. The number of allylic oxidation sites excluding steroid dienone is 1. The van der Waals surface area contributed by atoms with Crippen LogP contribution in [0.1, 0.15) is 18.1 Å². The van der Waals surface area contributed by atoms with Gasteiger partial charge in [-0.3, -0.25) is 9.89 Å². The molecular weight excluding hydrogens is 328 g/mol. The predicted octanol–water partition coefficient (Wildman–Crippen LogP) is 3.19. The van der Waals surface area contributed by atoms with Crippen LogP contribution in [0.25, 0.3) is 11.3 Å². The van der Waals surface area contributed by atoms with Crippen molar-refractivity contribution < 1.29 is 22.4 Å². The van der Waals surface area contributed by atoms with Crippen LogP contribution in [0.3, 0.4) is 0 Å². The summed E-state index contributed by atoms with van der Waals surface area (Å²) in [6.45, 7) is 4.39. The topological polar surface area (TPSA) is 81.6 Å². The normalized spacial score (nSPS) is 10.3. The molecule has 2 N–H and O–H groups in total. The molecule has 1 aromatic carbocycles. The first-order valence-corrected chi connectivity index (χ1v) is 6.55. The van der Waals surface area contributed by atoms with Gasteiger partial charge in [-0.15, -0.1) is 6.58 Å². The first kappa shape index (κ1) is 17.2. The number of anilines is 1. The Morgan fingerprint density at radius 3 is 2.33 bits per heavy atom. The molecule has 2 aromatic rings. The van der Waals surface area contributed by atoms with Crippen LogP contribution in [-0.2, 0) is 11.2 Å². The number of rotatable bonds is 4. The summed E-state index contributed by atoms with van der Waals surface area (Å²) in [5.41, 5.74) is -3.07. The number of hydrogen-bond acceptors (Lipinski definition) is 3. The van der Waals surface area contributed by atoms with E-state index in [0.717, 1.165) is 13.0 Å². The number of nitriles is 1. The number of benzene rings is 1. The Hall–Kier alpha value is -3.15. The standard InChI is InChI=1S/C15H10F4N4O/c1-3-4-7-10(16)12(18)9(13(19)11(7)17)14-8(5-20)15(23-22-14)21-6(2)24/h3H,1,4H2,2H3,(H2,21,22,23,24). The number of H-pyrrole nitrogens is 1. The number of nitrogens with zero attached hydrogens (tertiary/aromatic N) is 2. The van der Waals surface area contributed by atoms with Crippen molar-refractivity contribution in [3.05, 3.63) is 47.1 Å². The maximum Gasteiger partial charge on any atom is 0.222 e. The second-order valence-electron chi connectivity index (χ2n) is 4.72. The molecule has 124 valence electrons. The molecule has 0 aliphatic carbocycles. The average Bonchev–Trinajstić information content (AvgIpc) is 2.91. The monoisotopic (exact) mass is 338 g/mol. The Kier molecular flexibility index (Phi) is 4.69. The van der Waals surface area contributed by atoms with E-state index in [2.05, 4.69) is 22.1 Å². The van der Waals surface area contributed by atoms with Crippen molar-refractivity contribution in [2.75, 3.05) is 5.32 Å². The van der Waals surface area contributed by atoms with Gasteiger partial charge in [-0.2, -0.15) is 10.4 Å². The number of carbonyl (C=O) groups is 1. The van der Waals surface area contributed by atoms with Crippen LogP contribution < -0.4 is 5.32 Å². The van der Waals surface area contributed by atoms with Crippen molar-refractivity contribution in [1.82, 2.24) is 10.2 Å². The Morgan fingerprint density at radius 2 is 1.88 bits per heavy atom. The molecular formula is C15H10F4N4O. The van der Waals surface area contributed by atoms with E-state index in [-0.39, 0.29) is 5.82 Å². The number of hydrogen-bond donors (Lipinski definition) is 2. The summed E-state index contributed by atoms with van der Waals surface area (Å²) in [6, 6.07) is 1.58. The summed E-state index contributed by atoms with van der Waals surface area (Å²) in [7, 11) is 0. The highest BCUT2D eigenvalue weighted by Gasteiger charge is 2.29. The first-order chi connectivity index (χ1) is 11.3. The van der Waals surface area contributed by atoms with Crippen LogP contribution in [0.4, 0.5) is 23.4 Å². The predicted molar refractivity (Wildman–Crippen MR) is 76.8 cm³/mol. The van der Waals surface area contributed by atoms with E-state index >= 15 is 0 Å².